The summed E-state index contributed by atoms with van der Waals surface area (Å²) in [6.07, 6.45) is 1.74. The van der Waals surface area contributed by atoms with Gasteiger partial charge >= 0.3 is 0 Å². The molecule has 2 heterocycles. The van der Waals surface area contributed by atoms with E-state index >= 15 is 0 Å². The Kier molecular flexibility index (Phi) is 3.56. The second kappa shape index (κ2) is 5.50. The standard InChI is InChI=1S/C14H13FN4S/c1-2-19(13-5-3-4-8-16-13)14-17-11-9-10(15)6-7-12(11)20-18-14/h3-9H,2H2,1H3,(H,17,18). The summed E-state index contributed by atoms with van der Waals surface area (Å²) in [4.78, 5) is 7.18. The Hall–Kier alpha value is -2.08. The maximum atomic E-state index is 13.3. The number of halogens is 1. The summed E-state index contributed by atoms with van der Waals surface area (Å²) >= 11 is 1.33. The van der Waals surface area contributed by atoms with E-state index < -0.39 is 0 Å². The van der Waals surface area contributed by atoms with Crippen LogP contribution >= 0.6 is 11.9 Å². The smallest absolute Gasteiger partial charge is 0.216 e. The number of nitrogens with zero attached hydrogens (tertiary/aromatic N) is 3. The van der Waals surface area contributed by atoms with Crippen molar-refractivity contribution >= 4 is 29.4 Å². The van der Waals surface area contributed by atoms with Crippen molar-refractivity contribution < 1.29 is 4.39 Å². The van der Waals surface area contributed by atoms with E-state index in [9.17, 15) is 4.39 Å². The van der Waals surface area contributed by atoms with Crippen molar-refractivity contribution in [3.05, 3.63) is 48.4 Å². The molecule has 2 aromatic rings. The number of benzene rings is 1. The lowest BCUT2D eigenvalue weighted by Gasteiger charge is -2.27. The van der Waals surface area contributed by atoms with Crippen LogP contribution in [0.5, 0.6) is 0 Å². The van der Waals surface area contributed by atoms with Gasteiger partial charge in [-0.3, -0.25) is 4.90 Å². The highest BCUT2D eigenvalue weighted by atomic mass is 32.2. The van der Waals surface area contributed by atoms with Gasteiger partial charge in [-0.05, 0) is 37.3 Å². The minimum Gasteiger partial charge on any atom is -0.324 e. The average molecular weight is 288 g/mol. The Bertz CT molecular complexity index is 645. The molecule has 20 heavy (non-hydrogen) atoms. The summed E-state index contributed by atoms with van der Waals surface area (Å²) in [6, 6.07) is 10.3. The van der Waals surface area contributed by atoms with E-state index in [0.717, 1.165) is 16.4 Å². The van der Waals surface area contributed by atoms with Crippen molar-refractivity contribution in [3.63, 3.8) is 0 Å². The molecule has 0 spiro atoms. The first-order valence-corrected chi connectivity index (χ1v) is 7.05. The number of fused-ring (bicyclic) bond motifs is 1. The molecular weight excluding hydrogens is 275 g/mol. The predicted molar refractivity (Wildman–Crippen MR) is 80.6 cm³/mol. The van der Waals surface area contributed by atoms with Crippen LogP contribution in [0.1, 0.15) is 6.92 Å². The number of guanidine groups is 1. The Labute approximate surface area is 120 Å². The lowest BCUT2D eigenvalue weighted by Crippen LogP contribution is -2.37. The van der Waals surface area contributed by atoms with Crippen molar-refractivity contribution in [3.8, 4) is 0 Å². The molecule has 3 rings (SSSR count). The van der Waals surface area contributed by atoms with Crippen LogP contribution in [-0.4, -0.2) is 17.5 Å². The monoisotopic (exact) mass is 288 g/mol. The molecule has 0 saturated carbocycles. The second-order valence-electron chi connectivity index (χ2n) is 4.20. The van der Waals surface area contributed by atoms with Gasteiger partial charge in [-0.2, -0.15) is 4.40 Å². The number of hydrogen-bond acceptors (Lipinski definition) is 5. The number of rotatable bonds is 2. The van der Waals surface area contributed by atoms with Gasteiger partial charge in [-0.1, -0.05) is 6.07 Å². The predicted octanol–water partition coefficient (Wildman–Crippen LogP) is 3.54. The van der Waals surface area contributed by atoms with E-state index in [-0.39, 0.29) is 5.82 Å². The van der Waals surface area contributed by atoms with E-state index in [1.807, 2.05) is 30.0 Å². The molecule has 0 fully saturated rings. The molecule has 1 aliphatic heterocycles. The van der Waals surface area contributed by atoms with Gasteiger partial charge in [0.2, 0.25) is 5.96 Å². The Morgan fingerprint density at radius 1 is 1.30 bits per heavy atom. The highest BCUT2D eigenvalue weighted by Crippen LogP contribution is 2.33. The molecule has 0 unspecified atom stereocenters. The van der Waals surface area contributed by atoms with Gasteiger partial charge in [0.15, 0.2) is 0 Å². The Balaban J connectivity index is 1.90. The van der Waals surface area contributed by atoms with E-state index in [1.165, 1.54) is 24.1 Å². The van der Waals surface area contributed by atoms with Gasteiger partial charge in [-0.15, -0.1) is 0 Å². The minimum absolute atomic E-state index is 0.265. The molecule has 1 N–H and O–H groups in total. The molecule has 4 nitrogen and oxygen atoms in total. The molecule has 102 valence electrons. The van der Waals surface area contributed by atoms with Crippen LogP contribution in [0.25, 0.3) is 0 Å². The summed E-state index contributed by atoms with van der Waals surface area (Å²) in [7, 11) is 0. The maximum Gasteiger partial charge on any atom is 0.216 e. The third-order valence-electron chi connectivity index (χ3n) is 2.92. The molecule has 0 saturated heterocycles. The minimum atomic E-state index is -0.265. The lowest BCUT2D eigenvalue weighted by molar-refractivity contribution is 0.627. The average Bonchev–Trinajstić information content (AvgIpc) is 2.49. The van der Waals surface area contributed by atoms with E-state index in [4.69, 9.17) is 0 Å². The van der Waals surface area contributed by atoms with Gasteiger partial charge < -0.3 is 5.32 Å². The fourth-order valence-electron chi connectivity index (χ4n) is 1.97. The molecule has 0 amide bonds. The molecule has 1 aromatic carbocycles. The van der Waals surface area contributed by atoms with Gasteiger partial charge in [0, 0.05) is 24.7 Å². The Morgan fingerprint density at radius 3 is 2.95 bits per heavy atom. The van der Waals surface area contributed by atoms with Crippen molar-refractivity contribution in [2.24, 2.45) is 4.40 Å². The van der Waals surface area contributed by atoms with Crippen LogP contribution < -0.4 is 10.2 Å². The van der Waals surface area contributed by atoms with Gasteiger partial charge in [0.1, 0.15) is 11.6 Å². The maximum absolute atomic E-state index is 13.3. The highest BCUT2D eigenvalue weighted by Gasteiger charge is 2.19. The number of pyridine rings is 1. The third kappa shape index (κ3) is 2.46. The zero-order valence-electron chi connectivity index (χ0n) is 10.9. The van der Waals surface area contributed by atoms with E-state index in [1.54, 1.807) is 12.3 Å². The highest BCUT2D eigenvalue weighted by molar-refractivity contribution is 7.98. The molecule has 6 heteroatoms. The lowest BCUT2D eigenvalue weighted by atomic mass is 10.3. The van der Waals surface area contributed by atoms with Gasteiger partial charge in [-0.25, -0.2) is 9.37 Å². The number of nitrogens with one attached hydrogen (secondary N) is 1. The summed E-state index contributed by atoms with van der Waals surface area (Å²) < 4.78 is 17.7. The van der Waals surface area contributed by atoms with Crippen molar-refractivity contribution in [2.45, 2.75) is 11.8 Å². The zero-order valence-corrected chi connectivity index (χ0v) is 11.7. The van der Waals surface area contributed by atoms with Gasteiger partial charge in [0.25, 0.3) is 0 Å². The topological polar surface area (TPSA) is 40.5 Å². The number of hydrogen-bond donors (Lipinski definition) is 1. The fourth-order valence-corrected chi connectivity index (χ4v) is 2.63. The summed E-state index contributed by atoms with van der Waals surface area (Å²) in [6.45, 7) is 2.73. The third-order valence-corrected chi connectivity index (χ3v) is 3.73. The van der Waals surface area contributed by atoms with Crippen LogP contribution in [0.2, 0.25) is 0 Å². The Morgan fingerprint density at radius 2 is 2.20 bits per heavy atom. The molecule has 0 radical (unpaired) electrons. The van der Waals surface area contributed by atoms with E-state index in [0.29, 0.717) is 12.5 Å². The second-order valence-corrected chi connectivity index (χ2v) is 5.01. The summed E-state index contributed by atoms with van der Waals surface area (Å²) in [5.41, 5.74) is 0.731. The molecule has 0 bridgehead atoms. The fraction of sp³-hybridized carbons (Fsp3) is 0.143. The van der Waals surface area contributed by atoms with Crippen LogP contribution in [-0.2, 0) is 0 Å². The largest absolute Gasteiger partial charge is 0.324 e. The van der Waals surface area contributed by atoms with Crippen LogP contribution in [0, 0.1) is 5.82 Å². The number of aromatic nitrogens is 1. The first-order chi connectivity index (χ1) is 9.78. The molecule has 0 atom stereocenters. The van der Waals surface area contributed by atoms with Crippen molar-refractivity contribution in [1.82, 2.24) is 4.98 Å². The first kappa shape index (κ1) is 12.9. The van der Waals surface area contributed by atoms with Crippen LogP contribution in [0.4, 0.5) is 15.9 Å². The zero-order chi connectivity index (χ0) is 13.9. The van der Waals surface area contributed by atoms with Crippen molar-refractivity contribution in [1.29, 1.82) is 0 Å². The molecule has 1 aromatic heterocycles. The van der Waals surface area contributed by atoms with Crippen molar-refractivity contribution in [2.75, 3.05) is 16.8 Å². The quantitative estimate of drug-likeness (QED) is 0.858. The number of anilines is 2. The SMILES string of the molecule is CCN(C1=NSc2ccc(F)cc2N1)c1ccccn1. The van der Waals surface area contributed by atoms with Crippen LogP contribution in [0.3, 0.4) is 0 Å². The summed E-state index contributed by atoms with van der Waals surface area (Å²) in [5, 5.41) is 3.16. The molecule has 1 aliphatic rings. The van der Waals surface area contributed by atoms with E-state index in [2.05, 4.69) is 14.7 Å². The van der Waals surface area contributed by atoms with Gasteiger partial charge in [0.05, 0.1) is 10.6 Å². The molecule has 0 aliphatic carbocycles. The summed E-state index contributed by atoms with van der Waals surface area (Å²) in [5.74, 6) is 1.20. The van der Waals surface area contributed by atoms with Crippen LogP contribution in [0.15, 0.2) is 51.9 Å². The molecular formula is C14H13FN4S. The first-order valence-electron chi connectivity index (χ1n) is 6.28. The normalized spacial score (nSPS) is 13.2.